The number of benzene rings is 2. The van der Waals surface area contributed by atoms with Gasteiger partial charge < -0.3 is 9.47 Å². The lowest BCUT2D eigenvalue weighted by Gasteiger charge is -2.30. The number of ether oxygens (including phenoxy) is 2. The van der Waals surface area contributed by atoms with Gasteiger partial charge in [-0.3, -0.25) is 4.31 Å². The molecule has 0 saturated heterocycles. The minimum absolute atomic E-state index is 0.173. The molecule has 2 aromatic rings. The van der Waals surface area contributed by atoms with E-state index in [9.17, 15) is 8.42 Å². The first kappa shape index (κ1) is 14.7. The highest BCUT2D eigenvalue weighted by molar-refractivity contribution is 7.93. The van der Waals surface area contributed by atoms with Gasteiger partial charge in [0.2, 0.25) is 0 Å². The Balaban J connectivity index is 2.14. The normalized spacial score (nSPS) is 14.2. The fraction of sp³-hybridized carbons (Fsp3) is 0.250. The maximum atomic E-state index is 13.1. The number of nitrogens with zero attached hydrogens (tertiary/aromatic N) is 1. The van der Waals surface area contributed by atoms with Gasteiger partial charge in [0.05, 0.1) is 19.3 Å². The van der Waals surface area contributed by atoms with Crippen molar-refractivity contribution < 1.29 is 17.9 Å². The lowest BCUT2D eigenvalue weighted by Crippen LogP contribution is -2.38. The minimum Gasteiger partial charge on any atom is -0.495 e. The fourth-order valence-electron chi connectivity index (χ4n) is 2.50. The average Bonchev–Trinajstić information content (AvgIpc) is 2.54. The Morgan fingerprint density at radius 2 is 1.95 bits per heavy atom. The highest BCUT2D eigenvalue weighted by atomic mass is 32.2. The molecular weight excluding hydrogens is 302 g/mol. The number of aryl methyl sites for hydroxylation is 1. The van der Waals surface area contributed by atoms with E-state index in [1.54, 1.807) is 30.3 Å². The number of sulfonamides is 1. The largest absolute Gasteiger partial charge is 0.495 e. The third-order valence-electron chi connectivity index (χ3n) is 3.57. The average molecular weight is 319 g/mol. The highest BCUT2D eigenvalue weighted by Crippen LogP contribution is 2.37. The van der Waals surface area contributed by atoms with Crippen molar-refractivity contribution in [3.8, 4) is 11.5 Å². The molecule has 5 nitrogen and oxygen atoms in total. The van der Waals surface area contributed by atoms with Crippen molar-refractivity contribution in [2.45, 2.75) is 11.8 Å². The molecule has 0 unspecified atom stereocenters. The van der Waals surface area contributed by atoms with Crippen LogP contribution in [0.1, 0.15) is 5.56 Å². The molecule has 1 aliphatic heterocycles. The molecule has 6 heteroatoms. The van der Waals surface area contributed by atoms with Crippen molar-refractivity contribution in [2.75, 3.05) is 24.6 Å². The van der Waals surface area contributed by atoms with Crippen molar-refractivity contribution in [3.63, 3.8) is 0 Å². The predicted molar refractivity (Wildman–Crippen MR) is 84.2 cm³/mol. The first-order chi connectivity index (χ1) is 10.5. The SMILES string of the molecule is COc1ccc(C)cc1S(=O)(=O)N1CCOc2ccccc21. The molecule has 0 bridgehead atoms. The van der Waals surface area contributed by atoms with E-state index in [1.807, 2.05) is 19.1 Å². The van der Waals surface area contributed by atoms with Gasteiger partial charge in [-0.1, -0.05) is 18.2 Å². The molecular formula is C16H17NO4S. The summed E-state index contributed by atoms with van der Waals surface area (Å²) >= 11 is 0. The molecule has 0 aromatic heterocycles. The summed E-state index contributed by atoms with van der Waals surface area (Å²) in [5.41, 5.74) is 1.42. The van der Waals surface area contributed by atoms with Crippen LogP contribution in [-0.2, 0) is 10.0 Å². The Bertz CT molecular complexity index is 802. The standard InChI is InChI=1S/C16H17NO4S/c1-12-7-8-15(20-2)16(11-12)22(18,19)17-9-10-21-14-6-4-3-5-13(14)17/h3-8,11H,9-10H2,1-2H3. The molecule has 0 fully saturated rings. The molecule has 0 amide bonds. The van der Waals surface area contributed by atoms with Crippen LogP contribution in [0.2, 0.25) is 0 Å². The van der Waals surface area contributed by atoms with Crippen LogP contribution in [-0.4, -0.2) is 28.7 Å². The first-order valence-corrected chi connectivity index (χ1v) is 8.37. The van der Waals surface area contributed by atoms with Gasteiger partial charge in [-0.25, -0.2) is 8.42 Å². The van der Waals surface area contributed by atoms with Crippen LogP contribution in [0, 0.1) is 6.92 Å². The molecule has 0 spiro atoms. The summed E-state index contributed by atoms with van der Waals surface area (Å²) in [5, 5.41) is 0. The first-order valence-electron chi connectivity index (χ1n) is 6.93. The zero-order valence-corrected chi connectivity index (χ0v) is 13.3. The van der Waals surface area contributed by atoms with Gasteiger partial charge in [0.15, 0.2) is 0 Å². The summed E-state index contributed by atoms with van der Waals surface area (Å²) in [6.45, 7) is 2.45. The molecule has 1 heterocycles. The van der Waals surface area contributed by atoms with E-state index in [0.29, 0.717) is 23.8 Å². The molecule has 116 valence electrons. The maximum Gasteiger partial charge on any atom is 0.268 e. The number of rotatable bonds is 3. The second kappa shape index (κ2) is 5.53. The Kier molecular flexibility index (Phi) is 3.70. The third-order valence-corrected chi connectivity index (χ3v) is 5.41. The van der Waals surface area contributed by atoms with Crippen LogP contribution < -0.4 is 13.8 Å². The second-order valence-electron chi connectivity index (χ2n) is 5.05. The second-order valence-corrected chi connectivity index (χ2v) is 6.88. The maximum absolute atomic E-state index is 13.1. The van der Waals surface area contributed by atoms with Crippen LogP contribution in [0.25, 0.3) is 0 Å². The summed E-state index contributed by atoms with van der Waals surface area (Å²) < 4.78 is 38.3. The minimum atomic E-state index is -3.71. The summed E-state index contributed by atoms with van der Waals surface area (Å²) in [6, 6.07) is 12.3. The molecule has 2 aromatic carbocycles. The fourth-order valence-corrected chi connectivity index (χ4v) is 4.20. The number of fused-ring (bicyclic) bond motifs is 1. The smallest absolute Gasteiger partial charge is 0.268 e. The summed E-state index contributed by atoms with van der Waals surface area (Å²) in [7, 11) is -2.24. The van der Waals surface area contributed by atoms with Crippen LogP contribution in [0.3, 0.4) is 0 Å². The summed E-state index contributed by atoms with van der Waals surface area (Å²) in [6.07, 6.45) is 0. The van der Waals surface area contributed by atoms with Gasteiger partial charge in [-0.05, 0) is 36.8 Å². The van der Waals surface area contributed by atoms with E-state index in [0.717, 1.165) is 5.56 Å². The van der Waals surface area contributed by atoms with E-state index >= 15 is 0 Å². The van der Waals surface area contributed by atoms with Crippen molar-refractivity contribution >= 4 is 15.7 Å². The lowest BCUT2D eigenvalue weighted by molar-refractivity contribution is 0.315. The van der Waals surface area contributed by atoms with E-state index in [4.69, 9.17) is 9.47 Å². The number of para-hydroxylation sites is 2. The zero-order chi connectivity index (χ0) is 15.7. The van der Waals surface area contributed by atoms with Crippen LogP contribution >= 0.6 is 0 Å². The molecule has 3 rings (SSSR count). The van der Waals surface area contributed by atoms with E-state index in [2.05, 4.69) is 0 Å². The van der Waals surface area contributed by atoms with E-state index in [1.165, 1.54) is 11.4 Å². The van der Waals surface area contributed by atoms with Crippen molar-refractivity contribution in [3.05, 3.63) is 48.0 Å². The monoisotopic (exact) mass is 319 g/mol. The Morgan fingerprint density at radius 1 is 1.18 bits per heavy atom. The van der Waals surface area contributed by atoms with Crippen LogP contribution in [0.15, 0.2) is 47.4 Å². The number of hydrogen-bond acceptors (Lipinski definition) is 4. The van der Waals surface area contributed by atoms with Gasteiger partial charge in [0.25, 0.3) is 10.0 Å². The lowest BCUT2D eigenvalue weighted by atomic mass is 10.2. The Hall–Kier alpha value is -2.21. The van der Waals surface area contributed by atoms with E-state index in [-0.39, 0.29) is 11.4 Å². The van der Waals surface area contributed by atoms with Crippen molar-refractivity contribution in [1.29, 1.82) is 0 Å². The molecule has 1 aliphatic rings. The van der Waals surface area contributed by atoms with Gasteiger partial charge in [-0.2, -0.15) is 0 Å². The molecule has 0 radical (unpaired) electrons. The molecule has 0 aliphatic carbocycles. The van der Waals surface area contributed by atoms with Gasteiger partial charge >= 0.3 is 0 Å². The highest BCUT2D eigenvalue weighted by Gasteiger charge is 2.32. The molecule has 22 heavy (non-hydrogen) atoms. The Labute approximate surface area is 130 Å². The van der Waals surface area contributed by atoms with Crippen molar-refractivity contribution in [2.24, 2.45) is 0 Å². The zero-order valence-electron chi connectivity index (χ0n) is 12.4. The van der Waals surface area contributed by atoms with Crippen LogP contribution in [0.4, 0.5) is 5.69 Å². The van der Waals surface area contributed by atoms with E-state index < -0.39 is 10.0 Å². The predicted octanol–water partition coefficient (Wildman–Crippen LogP) is 2.59. The van der Waals surface area contributed by atoms with Gasteiger partial charge in [0.1, 0.15) is 23.0 Å². The summed E-state index contributed by atoms with van der Waals surface area (Å²) in [4.78, 5) is 0.173. The topological polar surface area (TPSA) is 55.8 Å². The number of methoxy groups -OCH3 is 1. The number of hydrogen-bond donors (Lipinski definition) is 0. The van der Waals surface area contributed by atoms with Gasteiger partial charge in [0, 0.05) is 0 Å². The van der Waals surface area contributed by atoms with Crippen molar-refractivity contribution in [1.82, 2.24) is 0 Å². The third kappa shape index (κ3) is 2.39. The molecule has 0 atom stereocenters. The Morgan fingerprint density at radius 3 is 2.73 bits per heavy atom. The summed E-state index contributed by atoms with van der Waals surface area (Å²) in [5.74, 6) is 0.915. The van der Waals surface area contributed by atoms with Gasteiger partial charge in [-0.15, -0.1) is 0 Å². The van der Waals surface area contributed by atoms with Crippen LogP contribution in [0.5, 0.6) is 11.5 Å². The molecule has 0 saturated carbocycles. The quantitative estimate of drug-likeness (QED) is 0.872. The molecule has 0 N–H and O–H groups in total. The number of anilines is 1.